The molecule has 0 saturated heterocycles. The van der Waals surface area contributed by atoms with Crippen molar-refractivity contribution < 1.29 is 19.1 Å². The first-order chi connectivity index (χ1) is 16.4. The van der Waals surface area contributed by atoms with Gasteiger partial charge in [-0.25, -0.2) is 4.79 Å². The first kappa shape index (κ1) is 31.5. The predicted molar refractivity (Wildman–Crippen MR) is 146 cm³/mol. The minimum absolute atomic E-state index is 0.0994. The van der Waals surface area contributed by atoms with Crippen LogP contribution in [0.4, 0.5) is 4.79 Å². The first-order valence-corrected chi connectivity index (χ1v) is 13.1. The van der Waals surface area contributed by atoms with E-state index in [1.807, 2.05) is 80.5 Å². The Morgan fingerprint density at radius 1 is 0.972 bits per heavy atom. The van der Waals surface area contributed by atoms with Crippen LogP contribution in [0, 0.1) is 19.8 Å². The Hall–Kier alpha value is -2.57. The molecule has 7 heteroatoms. The number of carbonyl (C=O) groups is 3. The number of hydrogen-bond acceptors (Lipinski definition) is 4. The van der Waals surface area contributed by atoms with Gasteiger partial charge in [0.15, 0.2) is 0 Å². The van der Waals surface area contributed by atoms with Gasteiger partial charge in [0.25, 0.3) is 0 Å². The molecule has 1 aromatic rings. The van der Waals surface area contributed by atoms with Crippen molar-refractivity contribution in [1.29, 1.82) is 0 Å². The summed E-state index contributed by atoms with van der Waals surface area (Å²) in [7, 11) is 0. The Labute approximate surface area is 218 Å². The smallest absolute Gasteiger partial charge is 0.408 e. The van der Waals surface area contributed by atoms with Crippen molar-refractivity contribution in [1.82, 2.24) is 15.5 Å². The molecule has 0 aliphatic heterocycles. The van der Waals surface area contributed by atoms with Gasteiger partial charge < -0.3 is 20.3 Å². The lowest BCUT2D eigenvalue weighted by Crippen LogP contribution is -2.61. The standard InChI is InChI=1S/C29H49N3O4/c1-13-20(6)23(31-27(35)36-28(8,9)10)26(34)32(29(11,12)14-2)24(25(33)30-18(3)4)22-16-15-19(5)17-21(22)7/h15-18,20,23-24H,13-14H2,1-12H3,(H,30,33)(H,31,35). The average molecular weight is 504 g/mol. The van der Waals surface area contributed by atoms with E-state index in [1.165, 1.54) is 0 Å². The van der Waals surface area contributed by atoms with Crippen LogP contribution in [0.25, 0.3) is 0 Å². The summed E-state index contributed by atoms with van der Waals surface area (Å²) in [5.41, 5.74) is 1.41. The molecule has 0 aliphatic carbocycles. The predicted octanol–water partition coefficient (Wildman–Crippen LogP) is 5.83. The zero-order valence-corrected chi connectivity index (χ0v) is 24.5. The summed E-state index contributed by atoms with van der Waals surface area (Å²) in [5, 5.41) is 5.85. The van der Waals surface area contributed by atoms with Gasteiger partial charge in [-0.15, -0.1) is 0 Å². The number of alkyl carbamates (subject to hydrolysis) is 1. The summed E-state index contributed by atoms with van der Waals surface area (Å²) in [6.45, 7) is 23.0. The molecule has 0 fully saturated rings. The van der Waals surface area contributed by atoms with E-state index in [0.717, 1.165) is 16.7 Å². The molecule has 0 aliphatic rings. The fourth-order valence-electron chi connectivity index (χ4n) is 4.11. The third-order valence-electron chi connectivity index (χ3n) is 6.56. The highest BCUT2D eigenvalue weighted by atomic mass is 16.6. The van der Waals surface area contributed by atoms with E-state index < -0.39 is 29.3 Å². The van der Waals surface area contributed by atoms with Gasteiger partial charge in [-0.2, -0.15) is 0 Å². The molecule has 0 saturated carbocycles. The molecular weight excluding hydrogens is 454 g/mol. The van der Waals surface area contributed by atoms with Gasteiger partial charge in [0, 0.05) is 11.6 Å². The van der Waals surface area contributed by atoms with Crippen LogP contribution in [-0.4, -0.2) is 46.0 Å². The quantitative estimate of drug-likeness (QED) is 0.421. The highest BCUT2D eigenvalue weighted by Gasteiger charge is 2.44. The Balaban J connectivity index is 3.74. The van der Waals surface area contributed by atoms with E-state index in [0.29, 0.717) is 12.8 Å². The lowest BCUT2D eigenvalue weighted by atomic mass is 9.88. The van der Waals surface area contributed by atoms with Gasteiger partial charge >= 0.3 is 6.09 Å². The van der Waals surface area contributed by atoms with Crippen LogP contribution in [0.15, 0.2) is 18.2 Å². The van der Waals surface area contributed by atoms with E-state index in [1.54, 1.807) is 25.7 Å². The molecule has 36 heavy (non-hydrogen) atoms. The number of nitrogens with zero attached hydrogens (tertiary/aromatic N) is 1. The number of rotatable bonds is 10. The number of hydrogen-bond donors (Lipinski definition) is 2. The fourth-order valence-corrected chi connectivity index (χ4v) is 4.11. The molecule has 2 N–H and O–H groups in total. The molecule has 7 nitrogen and oxygen atoms in total. The van der Waals surface area contributed by atoms with Gasteiger partial charge in [-0.3, -0.25) is 9.59 Å². The SMILES string of the molecule is CCC(C)C(NC(=O)OC(C)(C)C)C(=O)N(C(C(=O)NC(C)C)c1ccc(C)cc1C)C(C)(C)CC. The molecule has 1 aromatic carbocycles. The summed E-state index contributed by atoms with van der Waals surface area (Å²) < 4.78 is 5.48. The minimum Gasteiger partial charge on any atom is -0.444 e. The van der Waals surface area contributed by atoms with Gasteiger partial charge in [-0.05, 0) is 85.8 Å². The molecule has 0 bridgehead atoms. The average Bonchev–Trinajstić information content (AvgIpc) is 2.73. The fraction of sp³-hybridized carbons (Fsp3) is 0.690. The molecule has 3 amide bonds. The van der Waals surface area contributed by atoms with E-state index >= 15 is 0 Å². The van der Waals surface area contributed by atoms with Crippen LogP contribution in [-0.2, 0) is 14.3 Å². The van der Waals surface area contributed by atoms with Crippen molar-refractivity contribution in [2.75, 3.05) is 0 Å². The van der Waals surface area contributed by atoms with Crippen molar-refractivity contribution in [3.63, 3.8) is 0 Å². The second-order valence-electron chi connectivity index (χ2n) is 11.8. The van der Waals surface area contributed by atoms with Crippen LogP contribution >= 0.6 is 0 Å². The van der Waals surface area contributed by atoms with Crippen molar-refractivity contribution in [3.8, 4) is 0 Å². The van der Waals surface area contributed by atoms with Crippen molar-refractivity contribution in [2.24, 2.45) is 5.92 Å². The first-order valence-electron chi connectivity index (χ1n) is 13.1. The highest BCUT2D eigenvalue weighted by molar-refractivity contribution is 5.93. The molecule has 1 rings (SSSR count). The lowest BCUT2D eigenvalue weighted by molar-refractivity contribution is -0.150. The maximum atomic E-state index is 14.4. The normalized spacial score (nSPS) is 14.6. The zero-order valence-electron chi connectivity index (χ0n) is 24.5. The van der Waals surface area contributed by atoms with Gasteiger partial charge in [0.05, 0.1) is 0 Å². The second-order valence-corrected chi connectivity index (χ2v) is 11.8. The number of benzene rings is 1. The van der Waals surface area contributed by atoms with Crippen LogP contribution in [0.1, 0.15) is 105 Å². The molecule has 3 unspecified atom stereocenters. The number of ether oxygens (including phenoxy) is 1. The number of carbonyl (C=O) groups excluding carboxylic acids is 3. The Kier molecular flexibility index (Phi) is 11.0. The summed E-state index contributed by atoms with van der Waals surface area (Å²) in [4.78, 5) is 42.6. The van der Waals surface area contributed by atoms with E-state index in [2.05, 4.69) is 10.6 Å². The van der Waals surface area contributed by atoms with E-state index in [9.17, 15) is 14.4 Å². The largest absolute Gasteiger partial charge is 0.444 e. The van der Waals surface area contributed by atoms with Crippen LogP contribution in [0.5, 0.6) is 0 Å². The third-order valence-corrected chi connectivity index (χ3v) is 6.56. The molecular formula is C29H49N3O4. The molecule has 0 radical (unpaired) electrons. The van der Waals surface area contributed by atoms with Gasteiger partial charge in [-0.1, -0.05) is 51.0 Å². The molecule has 0 aromatic heterocycles. The Bertz CT molecular complexity index is 918. The second kappa shape index (κ2) is 12.6. The zero-order chi connectivity index (χ0) is 28.0. The van der Waals surface area contributed by atoms with Crippen LogP contribution in [0.2, 0.25) is 0 Å². The van der Waals surface area contributed by atoms with Gasteiger partial charge in [0.2, 0.25) is 11.8 Å². The van der Waals surface area contributed by atoms with E-state index in [4.69, 9.17) is 4.74 Å². The molecule has 0 heterocycles. The van der Waals surface area contributed by atoms with Crippen molar-refractivity contribution in [2.45, 2.75) is 125 Å². The van der Waals surface area contributed by atoms with E-state index in [-0.39, 0.29) is 23.8 Å². The van der Waals surface area contributed by atoms with Crippen LogP contribution in [0.3, 0.4) is 0 Å². The maximum Gasteiger partial charge on any atom is 0.408 e. The summed E-state index contributed by atoms with van der Waals surface area (Å²) in [5.74, 6) is -0.717. The lowest BCUT2D eigenvalue weighted by Gasteiger charge is -2.45. The highest BCUT2D eigenvalue weighted by Crippen LogP contribution is 2.35. The Morgan fingerprint density at radius 2 is 1.56 bits per heavy atom. The molecule has 3 atom stereocenters. The number of aryl methyl sites for hydroxylation is 2. The minimum atomic E-state index is -0.859. The topological polar surface area (TPSA) is 87.7 Å². The third kappa shape index (κ3) is 8.52. The maximum absolute atomic E-state index is 14.4. The number of nitrogens with one attached hydrogen (secondary N) is 2. The number of amides is 3. The Morgan fingerprint density at radius 3 is 2.00 bits per heavy atom. The summed E-state index contributed by atoms with van der Waals surface area (Å²) in [6, 6.07) is 4.11. The van der Waals surface area contributed by atoms with Crippen LogP contribution < -0.4 is 10.6 Å². The van der Waals surface area contributed by atoms with Gasteiger partial charge in [0.1, 0.15) is 17.7 Å². The molecule has 0 spiro atoms. The summed E-state index contributed by atoms with van der Waals surface area (Å²) >= 11 is 0. The summed E-state index contributed by atoms with van der Waals surface area (Å²) in [6.07, 6.45) is 0.637. The van der Waals surface area contributed by atoms with Crippen molar-refractivity contribution in [3.05, 3.63) is 34.9 Å². The monoisotopic (exact) mass is 503 g/mol. The van der Waals surface area contributed by atoms with Crippen molar-refractivity contribution >= 4 is 17.9 Å². The molecule has 204 valence electrons.